The number of ether oxygens (including phenoxy) is 1. The van der Waals surface area contributed by atoms with Crippen LogP contribution in [-0.2, 0) is 0 Å². The van der Waals surface area contributed by atoms with E-state index in [1.54, 1.807) is 6.20 Å². The van der Waals surface area contributed by atoms with Gasteiger partial charge in [-0.05, 0) is 130 Å². The number of benzene rings is 6. The molecule has 3 aromatic heterocycles. The van der Waals surface area contributed by atoms with Gasteiger partial charge in [0.05, 0.1) is 22.6 Å². The molecule has 3 heterocycles. The first-order chi connectivity index (χ1) is 28.6. The second kappa shape index (κ2) is 16.1. The highest BCUT2D eigenvalue weighted by Gasteiger charge is 2.18. The molecule has 0 radical (unpaired) electrons. The molecule has 6 aromatic carbocycles. The quantitative estimate of drug-likeness (QED) is 0.109. The molecule has 0 bridgehead atoms. The van der Waals surface area contributed by atoms with Gasteiger partial charge in [0, 0.05) is 35.3 Å². The van der Waals surface area contributed by atoms with Crippen LogP contribution in [0.3, 0.4) is 0 Å². The van der Waals surface area contributed by atoms with Gasteiger partial charge in [-0.1, -0.05) is 115 Å². The minimum absolute atomic E-state index is 0.442. The minimum Gasteiger partial charge on any atom is -0.423 e. The molecular weight excluding hydrogens is 711 g/mol. The SMILES string of the molecule is Cc1cccnc1-c1ccc(OC(=O)c2cc(-c3ccccc3-c3ccc(-c4ccccn4)cc3)cc(-c3ccccc3-c3ccc(-c4ccccn4)cc3)c2)cc1. The molecule has 0 unspecified atom stereocenters. The summed E-state index contributed by atoms with van der Waals surface area (Å²) >= 11 is 0. The minimum atomic E-state index is -0.445. The van der Waals surface area contributed by atoms with Crippen molar-refractivity contribution in [2.75, 3.05) is 0 Å². The van der Waals surface area contributed by atoms with Crippen molar-refractivity contribution in [2.24, 2.45) is 0 Å². The van der Waals surface area contributed by atoms with Crippen LogP contribution in [0.25, 0.3) is 78.3 Å². The van der Waals surface area contributed by atoms with E-state index >= 15 is 0 Å². The molecule has 0 spiro atoms. The number of carbonyl (C=O) groups is 1. The normalized spacial score (nSPS) is 10.9. The van der Waals surface area contributed by atoms with E-state index < -0.39 is 5.97 Å². The molecule has 58 heavy (non-hydrogen) atoms. The van der Waals surface area contributed by atoms with Crippen LogP contribution in [0.5, 0.6) is 5.75 Å². The molecule has 0 atom stereocenters. The molecule has 0 saturated carbocycles. The van der Waals surface area contributed by atoms with E-state index in [0.29, 0.717) is 11.3 Å². The Morgan fingerprint density at radius 3 is 1.29 bits per heavy atom. The number of esters is 1. The van der Waals surface area contributed by atoms with Gasteiger partial charge < -0.3 is 4.74 Å². The number of aryl methyl sites for hydroxylation is 1. The van der Waals surface area contributed by atoms with Gasteiger partial charge in [0.25, 0.3) is 0 Å². The Labute approximate surface area is 338 Å². The topological polar surface area (TPSA) is 65.0 Å². The highest BCUT2D eigenvalue weighted by molar-refractivity contribution is 5.97. The smallest absolute Gasteiger partial charge is 0.343 e. The zero-order chi connectivity index (χ0) is 39.3. The summed E-state index contributed by atoms with van der Waals surface area (Å²) in [5.74, 6) is 0.00957. The molecule has 276 valence electrons. The third-order valence-corrected chi connectivity index (χ3v) is 10.3. The summed E-state index contributed by atoms with van der Waals surface area (Å²) in [5, 5.41) is 0. The van der Waals surface area contributed by atoms with Crippen LogP contribution in [0.15, 0.2) is 207 Å². The predicted molar refractivity (Wildman–Crippen MR) is 234 cm³/mol. The van der Waals surface area contributed by atoms with E-state index in [1.165, 1.54) is 0 Å². The molecule has 0 aliphatic carbocycles. The summed E-state index contributed by atoms with van der Waals surface area (Å²) in [6.45, 7) is 2.03. The first kappa shape index (κ1) is 35.9. The van der Waals surface area contributed by atoms with Crippen molar-refractivity contribution in [3.05, 3.63) is 218 Å². The molecule has 9 aromatic rings. The molecule has 0 amide bonds. The number of nitrogens with zero attached hydrogens (tertiary/aromatic N) is 3. The van der Waals surface area contributed by atoms with Gasteiger partial charge in [-0.2, -0.15) is 0 Å². The maximum Gasteiger partial charge on any atom is 0.343 e. The molecule has 5 nitrogen and oxygen atoms in total. The van der Waals surface area contributed by atoms with Gasteiger partial charge >= 0.3 is 5.97 Å². The van der Waals surface area contributed by atoms with E-state index in [-0.39, 0.29) is 0 Å². The second-order valence-electron chi connectivity index (χ2n) is 14.1. The van der Waals surface area contributed by atoms with Crippen LogP contribution in [-0.4, -0.2) is 20.9 Å². The van der Waals surface area contributed by atoms with Gasteiger partial charge in [-0.15, -0.1) is 0 Å². The van der Waals surface area contributed by atoms with Crippen molar-refractivity contribution in [1.82, 2.24) is 15.0 Å². The molecular formula is C53H37N3O2. The average Bonchev–Trinajstić information content (AvgIpc) is 3.30. The lowest BCUT2D eigenvalue weighted by Gasteiger charge is -2.16. The summed E-state index contributed by atoms with van der Waals surface area (Å²) in [6.07, 6.45) is 5.40. The molecule has 0 aliphatic rings. The van der Waals surface area contributed by atoms with E-state index in [2.05, 4.69) is 93.8 Å². The van der Waals surface area contributed by atoms with Gasteiger partial charge in [0.1, 0.15) is 5.75 Å². The van der Waals surface area contributed by atoms with Crippen molar-refractivity contribution in [3.63, 3.8) is 0 Å². The number of hydrogen-bond donors (Lipinski definition) is 0. The summed E-state index contributed by atoms with van der Waals surface area (Å²) in [7, 11) is 0. The molecule has 0 aliphatic heterocycles. The lowest BCUT2D eigenvalue weighted by atomic mass is 9.88. The van der Waals surface area contributed by atoms with Crippen LogP contribution >= 0.6 is 0 Å². The van der Waals surface area contributed by atoms with Gasteiger partial charge in [0.2, 0.25) is 0 Å². The summed E-state index contributed by atoms with van der Waals surface area (Å²) in [5.41, 5.74) is 15.3. The van der Waals surface area contributed by atoms with E-state index in [4.69, 9.17) is 4.74 Å². The summed E-state index contributed by atoms with van der Waals surface area (Å²) in [6, 6.07) is 62.9. The maximum absolute atomic E-state index is 14.2. The van der Waals surface area contributed by atoms with Crippen molar-refractivity contribution in [3.8, 4) is 84.0 Å². The number of aromatic nitrogens is 3. The van der Waals surface area contributed by atoms with Crippen molar-refractivity contribution < 1.29 is 9.53 Å². The Hall–Kier alpha value is -7.76. The zero-order valence-corrected chi connectivity index (χ0v) is 31.8. The third kappa shape index (κ3) is 7.57. The Bertz CT molecular complexity index is 2710. The van der Waals surface area contributed by atoms with Gasteiger partial charge in [0.15, 0.2) is 0 Å². The lowest BCUT2D eigenvalue weighted by Crippen LogP contribution is -2.09. The monoisotopic (exact) mass is 747 g/mol. The number of carbonyl (C=O) groups excluding carboxylic acids is 1. The molecule has 0 saturated heterocycles. The fraction of sp³-hybridized carbons (Fsp3) is 0.0189. The van der Waals surface area contributed by atoms with E-state index in [1.807, 2.05) is 129 Å². The Morgan fingerprint density at radius 2 is 0.828 bits per heavy atom. The highest BCUT2D eigenvalue weighted by Crippen LogP contribution is 2.39. The lowest BCUT2D eigenvalue weighted by molar-refractivity contribution is 0.0735. The van der Waals surface area contributed by atoms with E-state index in [9.17, 15) is 4.79 Å². The van der Waals surface area contributed by atoms with Crippen molar-refractivity contribution in [2.45, 2.75) is 6.92 Å². The van der Waals surface area contributed by atoms with Crippen LogP contribution in [0.4, 0.5) is 0 Å². The van der Waals surface area contributed by atoms with Crippen molar-refractivity contribution in [1.29, 1.82) is 0 Å². The maximum atomic E-state index is 14.2. The van der Waals surface area contributed by atoms with Crippen molar-refractivity contribution >= 4 is 5.97 Å². The molecule has 9 rings (SSSR count). The molecule has 0 N–H and O–H groups in total. The Morgan fingerprint density at radius 1 is 0.397 bits per heavy atom. The fourth-order valence-corrected chi connectivity index (χ4v) is 7.37. The first-order valence-electron chi connectivity index (χ1n) is 19.2. The van der Waals surface area contributed by atoms with Crippen LogP contribution in [0.2, 0.25) is 0 Å². The standard InChI is InChI=1S/C53H37N3O2/c1-36-11-10-32-56-52(36)41-26-28-45(29-27-41)58-53(57)44-34-42(48-14-4-2-12-46(48)37-18-22-39(23-19-37)50-16-6-8-30-54-50)33-43(35-44)49-15-5-3-13-47(49)38-20-24-40(25-21-38)51-17-7-9-31-55-51/h2-35H,1H3. The first-order valence-corrected chi connectivity index (χ1v) is 19.2. The zero-order valence-electron chi connectivity index (χ0n) is 31.8. The summed E-state index contributed by atoms with van der Waals surface area (Å²) < 4.78 is 6.07. The predicted octanol–water partition coefficient (Wildman–Crippen LogP) is 13.1. The number of hydrogen-bond acceptors (Lipinski definition) is 5. The third-order valence-electron chi connectivity index (χ3n) is 10.3. The van der Waals surface area contributed by atoms with Crippen LogP contribution in [0.1, 0.15) is 15.9 Å². The summed E-state index contributed by atoms with van der Waals surface area (Å²) in [4.78, 5) is 27.8. The highest BCUT2D eigenvalue weighted by atomic mass is 16.5. The Balaban J connectivity index is 1.12. The largest absolute Gasteiger partial charge is 0.423 e. The van der Waals surface area contributed by atoms with Gasteiger partial charge in [-0.3, -0.25) is 15.0 Å². The second-order valence-corrected chi connectivity index (χ2v) is 14.1. The number of pyridine rings is 3. The Kier molecular flexibility index (Phi) is 10.00. The molecule has 5 heteroatoms. The van der Waals surface area contributed by atoms with Crippen LogP contribution in [0, 0.1) is 6.92 Å². The van der Waals surface area contributed by atoms with Gasteiger partial charge in [-0.25, -0.2) is 4.79 Å². The fourth-order valence-electron chi connectivity index (χ4n) is 7.37. The van der Waals surface area contributed by atoms with E-state index in [0.717, 1.165) is 83.8 Å². The molecule has 0 fully saturated rings. The average molecular weight is 748 g/mol. The number of rotatable bonds is 9. The van der Waals surface area contributed by atoms with Crippen LogP contribution < -0.4 is 4.74 Å².